The van der Waals surface area contributed by atoms with E-state index in [9.17, 15) is 13.2 Å². The van der Waals surface area contributed by atoms with E-state index in [1.165, 1.54) is 16.4 Å². The lowest BCUT2D eigenvalue weighted by atomic mass is 10.1. The number of rotatable bonds is 7. The van der Waals surface area contributed by atoms with E-state index < -0.39 is 15.9 Å². The minimum Gasteiger partial charge on any atom is -0.267 e. The number of carbonyl (C=O) groups is 1. The van der Waals surface area contributed by atoms with Crippen molar-refractivity contribution < 1.29 is 13.2 Å². The summed E-state index contributed by atoms with van der Waals surface area (Å²) in [7, 11) is -3.62. The van der Waals surface area contributed by atoms with E-state index in [4.69, 9.17) is 0 Å². The third-order valence-corrected chi connectivity index (χ3v) is 6.28. The highest BCUT2D eigenvalue weighted by atomic mass is 32.2. The maximum absolute atomic E-state index is 12.6. The molecule has 0 saturated heterocycles. The Morgan fingerprint density at radius 2 is 1.81 bits per heavy atom. The molecule has 0 heterocycles. The first-order valence-electron chi connectivity index (χ1n) is 8.80. The van der Waals surface area contributed by atoms with E-state index in [-0.39, 0.29) is 10.5 Å². The molecule has 2 aromatic rings. The Morgan fingerprint density at radius 1 is 1.11 bits per heavy atom. The zero-order valence-corrected chi connectivity index (χ0v) is 16.9. The lowest BCUT2D eigenvalue weighted by molar-refractivity contribution is 0.0955. The Kier molecular flexibility index (Phi) is 6.87. The second-order valence-electron chi connectivity index (χ2n) is 6.18. The summed E-state index contributed by atoms with van der Waals surface area (Å²) in [6, 6.07) is 11.9. The van der Waals surface area contributed by atoms with Crippen molar-refractivity contribution in [3.05, 3.63) is 64.7 Å². The summed E-state index contributed by atoms with van der Waals surface area (Å²) in [6.45, 7) is 8.27. The van der Waals surface area contributed by atoms with Crippen LogP contribution in [0, 0.1) is 13.8 Å². The zero-order chi connectivity index (χ0) is 20.0. The van der Waals surface area contributed by atoms with Gasteiger partial charge in [0.2, 0.25) is 10.0 Å². The molecular formula is C20H25N3O3S. The maximum Gasteiger partial charge on any atom is 0.271 e. The van der Waals surface area contributed by atoms with Gasteiger partial charge in [0.15, 0.2) is 0 Å². The molecule has 0 spiro atoms. The van der Waals surface area contributed by atoms with E-state index in [0.29, 0.717) is 13.1 Å². The van der Waals surface area contributed by atoms with Gasteiger partial charge in [0.25, 0.3) is 5.91 Å². The number of amides is 1. The van der Waals surface area contributed by atoms with Gasteiger partial charge in [-0.3, -0.25) is 4.79 Å². The number of sulfonamides is 1. The SMILES string of the molecule is CCN(CC)S(=O)(=O)c1cccc(C(=O)NN=Cc2ccc(C)cc2C)c1. The highest BCUT2D eigenvalue weighted by Gasteiger charge is 2.22. The standard InChI is InChI=1S/C20H25N3O3S/c1-5-23(6-2)27(25,26)19-9-7-8-17(13-19)20(24)22-21-14-18-11-10-15(3)12-16(18)4/h7-14H,5-6H2,1-4H3,(H,22,24). The highest BCUT2D eigenvalue weighted by Crippen LogP contribution is 2.17. The average Bonchev–Trinajstić information content (AvgIpc) is 2.64. The number of hydrazone groups is 1. The first kappa shape index (κ1) is 20.8. The Bertz CT molecular complexity index is 949. The number of nitrogens with one attached hydrogen (secondary N) is 1. The van der Waals surface area contributed by atoms with Crippen LogP contribution in [0.5, 0.6) is 0 Å². The van der Waals surface area contributed by atoms with Crippen molar-refractivity contribution in [2.45, 2.75) is 32.6 Å². The Hall–Kier alpha value is -2.51. The summed E-state index contributed by atoms with van der Waals surface area (Å²) in [5.74, 6) is -0.465. The van der Waals surface area contributed by atoms with Gasteiger partial charge in [-0.1, -0.05) is 43.7 Å². The summed E-state index contributed by atoms with van der Waals surface area (Å²) in [5.41, 5.74) is 5.79. The molecule has 27 heavy (non-hydrogen) atoms. The van der Waals surface area contributed by atoms with Gasteiger partial charge < -0.3 is 0 Å². The molecule has 2 aromatic carbocycles. The molecule has 0 fully saturated rings. The first-order valence-corrected chi connectivity index (χ1v) is 10.2. The van der Waals surface area contributed by atoms with Crippen LogP contribution in [-0.2, 0) is 10.0 Å². The maximum atomic E-state index is 12.6. The number of hydrogen-bond acceptors (Lipinski definition) is 4. The third-order valence-electron chi connectivity index (χ3n) is 4.23. The predicted molar refractivity (Wildman–Crippen MR) is 108 cm³/mol. The van der Waals surface area contributed by atoms with E-state index in [1.54, 1.807) is 32.2 Å². The number of hydrogen-bond donors (Lipinski definition) is 1. The normalized spacial score (nSPS) is 11.9. The molecule has 0 aromatic heterocycles. The van der Waals surface area contributed by atoms with Gasteiger partial charge in [-0.2, -0.15) is 9.41 Å². The average molecular weight is 388 g/mol. The van der Waals surface area contributed by atoms with Gasteiger partial charge in [-0.15, -0.1) is 0 Å². The van der Waals surface area contributed by atoms with Crippen molar-refractivity contribution in [2.24, 2.45) is 5.10 Å². The summed E-state index contributed by atoms with van der Waals surface area (Å²) in [6.07, 6.45) is 1.57. The monoisotopic (exact) mass is 387 g/mol. The molecule has 0 aliphatic heterocycles. The van der Waals surface area contributed by atoms with Crippen LogP contribution < -0.4 is 5.43 Å². The smallest absolute Gasteiger partial charge is 0.267 e. The van der Waals surface area contributed by atoms with E-state index >= 15 is 0 Å². The molecule has 1 amide bonds. The van der Waals surface area contributed by atoms with Crippen LogP contribution in [0.2, 0.25) is 0 Å². The van der Waals surface area contributed by atoms with Crippen LogP contribution >= 0.6 is 0 Å². The van der Waals surface area contributed by atoms with Crippen molar-refractivity contribution in [2.75, 3.05) is 13.1 Å². The number of aryl methyl sites for hydroxylation is 2. The molecule has 0 aliphatic carbocycles. The lowest BCUT2D eigenvalue weighted by Gasteiger charge is -2.18. The van der Waals surface area contributed by atoms with Crippen molar-refractivity contribution in [3.8, 4) is 0 Å². The summed E-state index contributed by atoms with van der Waals surface area (Å²) in [5, 5.41) is 3.98. The van der Waals surface area contributed by atoms with E-state index in [2.05, 4.69) is 10.5 Å². The van der Waals surface area contributed by atoms with Crippen molar-refractivity contribution in [1.29, 1.82) is 0 Å². The van der Waals surface area contributed by atoms with Crippen LogP contribution in [0.25, 0.3) is 0 Å². The number of carbonyl (C=O) groups excluding carboxylic acids is 1. The minimum absolute atomic E-state index is 0.0946. The summed E-state index contributed by atoms with van der Waals surface area (Å²) < 4.78 is 26.5. The molecule has 0 saturated carbocycles. The first-order chi connectivity index (χ1) is 12.8. The Balaban J connectivity index is 2.17. The molecule has 0 atom stereocenters. The van der Waals surface area contributed by atoms with E-state index in [0.717, 1.165) is 16.7 Å². The van der Waals surface area contributed by atoms with Gasteiger partial charge in [-0.05, 0) is 43.2 Å². The predicted octanol–water partition coefficient (Wildman–Crippen LogP) is 3.10. The third kappa shape index (κ3) is 5.02. The van der Waals surface area contributed by atoms with Crippen molar-refractivity contribution in [1.82, 2.24) is 9.73 Å². The zero-order valence-electron chi connectivity index (χ0n) is 16.1. The topological polar surface area (TPSA) is 78.8 Å². The molecule has 0 radical (unpaired) electrons. The largest absolute Gasteiger partial charge is 0.271 e. The quantitative estimate of drug-likeness (QED) is 0.586. The molecule has 1 N–H and O–H groups in total. The molecule has 7 heteroatoms. The second-order valence-corrected chi connectivity index (χ2v) is 8.11. The fourth-order valence-electron chi connectivity index (χ4n) is 2.71. The van der Waals surface area contributed by atoms with Crippen molar-refractivity contribution in [3.63, 3.8) is 0 Å². The number of nitrogens with zero attached hydrogens (tertiary/aromatic N) is 2. The van der Waals surface area contributed by atoms with Crippen LogP contribution in [0.15, 0.2) is 52.5 Å². The van der Waals surface area contributed by atoms with Gasteiger partial charge in [0, 0.05) is 18.7 Å². The van der Waals surface area contributed by atoms with Crippen LogP contribution in [-0.4, -0.2) is 37.9 Å². The Labute approximate surface area is 161 Å². The molecular weight excluding hydrogens is 362 g/mol. The van der Waals surface area contributed by atoms with Gasteiger partial charge in [0.1, 0.15) is 0 Å². The van der Waals surface area contributed by atoms with E-state index in [1.807, 2.05) is 32.0 Å². The lowest BCUT2D eigenvalue weighted by Crippen LogP contribution is -2.30. The van der Waals surface area contributed by atoms with Gasteiger partial charge >= 0.3 is 0 Å². The molecule has 0 aliphatic rings. The number of benzene rings is 2. The molecule has 6 nitrogen and oxygen atoms in total. The van der Waals surface area contributed by atoms with Crippen LogP contribution in [0.3, 0.4) is 0 Å². The summed E-state index contributed by atoms with van der Waals surface area (Å²) >= 11 is 0. The van der Waals surface area contributed by atoms with Crippen LogP contribution in [0.1, 0.15) is 40.9 Å². The fraction of sp³-hybridized carbons (Fsp3) is 0.300. The molecule has 2 rings (SSSR count). The fourth-order valence-corrected chi connectivity index (χ4v) is 4.21. The van der Waals surface area contributed by atoms with Gasteiger partial charge in [-0.25, -0.2) is 13.8 Å². The van der Waals surface area contributed by atoms with Crippen LogP contribution in [0.4, 0.5) is 0 Å². The minimum atomic E-state index is -3.62. The summed E-state index contributed by atoms with van der Waals surface area (Å²) in [4.78, 5) is 12.4. The second kappa shape index (κ2) is 8.92. The molecule has 144 valence electrons. The molecule has 0 unspecified atom stereocenters. The molecule has 0 bridgehead atoms. The Morgan fingerprint density at radius 3 is 2.44 bits per heavy atom. The van der Waals surface area contributed by atoms with Gasteiger partial charge in [0.05, 0.1) is 11.1 Å². The van der Waals surface area contributed by atoms with Crippen molar-refractivity contribution >= 4 is 22.1 Å². The highest BCUT2D eigenvalue weighted by molar-refractivity contribution is 7.89.